The van der Waals surface area contributed by atoms with Crippen molar-refractivity contribution < 1.29 is 9.53 Å². The highest BCUT2D eigenvalue weighted by Gasteiger charge is 2.40. The molecule has 0 bridgehead atoms. The van der Waals surface area contributed by atoms with E-state index in [0.29, 0.717) is 6.61 Å². The lowest BCUT2D eigenvalue weighted by Crippen LogP contribution is -2.29. The first-order valence-electron chi connectivity index (χ1n) is 5.42. The van der Waals surface area contributed by atoms with Crippen molar-refractivity contribution in [1.82, 2.24) is 0 Å². The van der Waals surface area contributed by atoms with Crippen LogP contribution in [0.1, 0.15) is 52.4 Å². The molecular weight excluding hydrogens is 164 g/mol. The van der Waals surface area contributed by atoms with Crippen LogP contribution >= 0.6 is 0 Å². The first-order valence-corrected chi connectivity index (χ1v) is 5.42. The van der Waals surface area contributed by atoms with Gasteiger partial charge in [0.15, 0.2) is 0 Å². The summed E-state index contributed by atoms with van der Waals surface area (Å²) in [6, 6.07) is 0. The van der Waals surface area contributed by atoms with Crippen molar-refractivity contribution in [1.29, 1.82) is 0 Å². The quantitative estimate of drug-likeness (QED) is 0.628. The highest BCUT2D eigenvalue weighted by molar-refractivity contribution is 5.77. The van der Waals surface area contributed by atoms with Crippen molar-refractivity contribution in [2.24, 2.45) is 5.41 Å². The van der Waals surface area contributed by atoms with Crippen LogP contribution in [0.15, 0.2) is 0 Å². The third-order valence-electron chi connectivity index (χ3n) is 3.11. The smallest absolute Gasteiger partial charge is 0.312 e. The molecule has 0 aromatic carbocycles. The van der Waals surface area contributed by atoms with Gasteiger partial charge in [0.2, 0.25) is 0 Å². The molecule has 1 saturated carbocycles. The van der Waals surface area contributed by atoms with E-state index in [1.54, 1.807) is 0 Å². The molecule has 0 saturated heterocycles. The molecule has 0 amide bonds. The van der Waals surface area contributed by atoms with Crippen molar-refractivity contribution in [3.05, 3.63) is 0 Å². The first kappa shape index (κ1) is 10.6. The Hall–Kier alpha value is -0.530. The van der Waals surface area contributed by atoms with Gasteiger partial charge in [0, 0.05) is 0 Å². The van der Waals surface area contributed by atoms with Crippen LogP contribution in [0.25, 0.3) is 0 Å². The Morgan fingerprint density at radius 1 is 1.31 bits per heavy atom. The molecule has 0 N–H and O–H groups in total. The lowest BCUT2D eigenvalue weighted by Gasteiger charge is -2.24. The summed E-state index contributed by atoms with van der Waals surface area (Å²) < 4.78 is 5.23. The maximum Gasteiger partial charge on any atom is 0.312 e. The van der Waals surface area contributed by atoms with Gasteiger partial charge in [-0.2, -0.15) is 0 Å². The van der Waals surface area contributed by atoms with Gasteiger partial charge in [-0.05, 0) is 25.7 Å². The van der Waals surface area contributed by atoms with Gasteiger partial charge in [0.1, 0.15) is 0 Å². The molecule has 0 aromatic heterocycles. The van der Waals surface area contributed by atoms with Crippen LogP contribution < -0.4 is 0 Å². The van der Waals surface area contributed by atoms with Gasteiger partial charge < -0.3 is 4.74 Å². The molecule has 2 heteroatoms. The van der Waals surface area contributed by atoms with E-state index in [4.69, 9.17) is 4.74 Å². The molecule has 0 radical (unpaired) electrons. The van der Waals surface area contributed by atoms with E-state index in [9.17, 15) is 4.79 Å². The summed E-state index contributed by atoms with van der Waals surface area (Å²) in [5, 5.41) is 0. The van der Waals surface area contributed by atoms with Gasteiger partial charge >= 0.3 is 5.97 Å². The predicted molar refractivity (Wildman–Crippen MR) is 52.4 cm³/mol. The van der Waals surface area contributed by atoms with Crippen LogP contribution in [0.5, 0.6) is 0 Å². The summed E-state index contributed by atoms with van der Waals surface area (Å²) in [5.74, 6) is 0.0503. The lowest BCUT2D eigenvalue weighted by atomic mass is 9.83. The molecule has 1 fully saturated rings. The minimum atomic E-state index is -0.116. The van der Waals surface area contributed by atoms with E-state index in [1.807, 2.05) is 6.92 Å². The number of carbonyl (C=O) groups excluding carboxylic acids is 1. The summed E-state index contributed by atoms with van der Waals surface area (Å²) in [6.45, 7) is 4.71. The molecule has 0 atom stereocenters. The number of hydrogen-bond acceptors (Lipinski definition) is 2. The summed E-state index contributed by atoms with van der Waals surface area (Å²) in [4.78, 5) is 11.7. The third-order valence-corrected chi connectivity index (χ3v) is 3.11. The maximum absolute atomic E-state index is 11.7. The second-order valence-electron chi connectivity index (χ2n) is 3.98. The Kier molecular flexibility index (Phi) is 3.76. The largest absolute Gasteiger partial charge is 0.465 e. The molecule has 1 rings (SSSR count). The molecule has 0 heterocycles. The summed E-state index contributed by atoms with van der Waals surface area (Å²) in [5.41, 5.74) is -0.116. The fraction of sp³-hybridized carbons (Fsp3) is 0.909. The van der Waals surface area contributed by atoms with Crippen LogP contribution in [0, 0.1) is 5.41 Å². The van der Waals surface area contributed by atoms with Crippen LogP contribution in [0.4, 0.5) is 0 Å². The van der Waals surface area contributed by atoms with Gasteiger partial charge in [-0.25, -0.2) is 0 Å². The van der Waals surface area contributed by atoms with Gasteiger partial charge in [-0.3, -0.25) is 4.79 Å². The van der Waals surface area contributed by atoms with E-state index in [-0.39, 0.29) is 11.4 Å². The zero-order valence-corrected chi connectivity index (χ0v) is 8.77. The number of ether oxygens (including phenoxy) is 1. The normalized spacial score (nSPS) is 20.2. The van der Waals surface area contributed by atoms with Crippen molar-refractivity contribution in [2.75, 3.05) is 6.61 Å². The predicted octanol–water partition coefficient (Wildman–Crippen LogP) is 2.91. The van der Waals surface area contributed by atoms with E-state index in [0.717, 1.165) is 25.7 Å². The number of carbonyl (C=O) groups is 1. The van der Waals surface area contributed by atoms with Crippen LogP contribution in [0.3, 0.4) is 0 Å². The average Bonchev–Trinajstić information content (AvgIpc) is 2.63. The Balaban J connectivity index is 2.49. The average molecular weight is 184 g/mol. The van der Waals surface area contributed by atoms with E-state index >= 15 is 0 Å². The molecule has 76 valence electrons. The standard InChI is InChI=1S/C11H20O2/c1-3-9-13-10(12)11(4-2)7-5-6-8-11/h3-9H2,1-2H3. The molecular formula is C11H20O2. The van der Waals surface area contributed by atoms with E-state index in [2.05, 4.69) is 6.92 Å². The summed E-state index contributed by atoms with van der Waals surface area (Å²) >= 11 is 0. The molecule has 1 aliphatic rings. The van der Waals surface area contributed by atoms with Crippen LogP contribution in [-0.4, -0.2) is 12.6 Å². The summed E-state index contributed by atoms with van der Waals surface area (Å²) in [6.07, 6.45) is 6.31. The molecule has 13 heavy (non-hydrogen) atoms. The summed E-state index contributed by atoms with van der Waals surface area (Å²) in [7, 11) is 0. The van der Waals surface area contributed by atoms with Gasteiger partial charge in [0.25, 0.3) is 0 Å². The fourth-order valence-electron chi connectivity index (χ4n) is 2.10. The zero-order valence-electron chi connectivity index (χ0n) is 8.77. The maximum atomic E-state index is 11.7. The molecule has 2 nitrogen and oxygen atoms in total. The molecule has 0 unspecified atom stereocenters. The number of rotatable bonds is 4. The van der Waals surface area contributed by atoms with E-state index in [1.165, 1.54) is 12.8 Å². The van der Waals surface area contributed by atoms with Gasteiger partial charge in [0.05, 0.1) is 12.0 Å². The first-order chi connectivity index (χ1) is 6.25. The SMILES string of the molecule is CCCOC(=O)C1(CC)CCCC1. The Morgan fingerprint density at radius 3 is 2.38 bits per heavy atom. The second-order valence-corrected chi connectivity index (χ2v) is 3.98. The third kappa shape index (κ3) is 2.23. The van der Waals surface area contributed by atoms with Crippen molar-refractivity contribution in [2.45, 2.75) is 52.4 Å². The Morgan fingerprint density at radius 2 is 1.92 bits per heavy atom. The molecule has 0 spiro atoms. The second kappa shape index (κ2) is 4.64. The van der Waals surface area contributed by atoms with Crippen molar-refractivity contribution in [3.8, 4) is 0 Å². The zero-order chi connectivity index (χ0) is 9.73. The van der Waals surface area contributed by atoms with E-state index < -0.39 is 0 Å². The molecule has 0 aliphatic heterocycles. The Bertz CT molecular complexity index is 169. The molecule has 0 aromatic rings. The van der Waals surface area contributed by atoms with Gasteiger partial charge in [-0.1, -0.05) is 26.7 Å². The number of esters is 1. The molecule has 1 aliphatic carbocycles. The Labute approximate surface area is 80.7 Å². The van der Waals surface area contributed by atoms with Crippen LogP contribution in [0.2, 0.25) is 0 Å². The van der Waals surface area contributed by atoms with Crippen molar-refractivity contribution >= 4 is 5.97 Å². The topological polar surface area (TPSA) is 26.3 Å². The minimum absolute atomic E-state index is 0.0503. The highest BCUT2D eigenvalue weighted by Crippen LogP contribution is 2.41. The van der Waals surface area contributed by atoms with Crippen LogP contribution in [-0.2, 0) is 9.53 Å². The van der Waals surface area contributed by atoms with Crippen molar-refractivity contribution in [3.63, 3.8) is 0 Å². The minimum Gasteiger partial charge on any atom is -0.465 e. The lowest BCUT2D eigenvalue weighted by molar-refractivity contribution is -0.156. The monoisotopic (exact) mass is 184 g/mol. The number of hydrogen-bond donors (Lipinski definition) is 0. The highest BCUT2D eigenvalue weighted by atomic mass is 16.5. The fourth-order valence-corrected chi connectivity index (χ4v) is 2.10. The van der Waals surface area contributed by atoms with Gasteiger partial charge in [-0.15, -0.1) is 0 Å².